The molecule has 0 aliphatic carbocycles. The highest BCUT2D eigenvalue weighted by molar-refractivity contribution is 5.80. The molecule has 0 heterocycles. The number of hydrogen-bond acceptors (Lipinski definition) is 3. The number of alkyl halides is 1. The Morgan fingerprint density at radius 3 is 2.27 bits per heavy atom. The van der Waals surface area contributed by atoms with Crippen molar-refractivity contribution in [1.82, 2.24) is 0 Å². The number of primary amides is 1. The number of hydrogen-bond donors (Lipinski definition) is 3. The first kappa shape index (κ1) is 9.83. The van der Waals surface area contributed by atoms with Crippen LogP contribution in [0.2, 0.25) is 0 Å². The van der Waals surface area contributed by atoms with E-state index in [0.717, 1.165) is 0 Å². The van der Waals surface area contributed by atoms with E-state index in [-0.39, 0.29) is 0 Å². The smallest absolute Gasteiger partial charge is 0.320 e. The lowest BCUT2D eigenvalue weighted by molar-refractivity contribution is -0.139. The zero-order valence-electron chi connectivity index (χ0n) is 5.66. The van der Waals surface area contributed by atoms with E-state index < -0.39 is 30.5 Å². The summed E-state index contributed by atoms with van der Waals surface area (Å²) < 4.78 is 12.3. The van der Waals surface area contributed by atoms with Gasteiger partial charge in [-0.3, -0.25) is 9.59 Å². The van der Waals surface area contributed by atoms with Gasteiger partial charge >= 0.3 is 5.97 Å². The number of carboxylic acid groups (broad SMARTS) is 1. The molecule has 1 amide bonds. The van der Waals surface area contributed by atoms with Crippen LogP contribution >= 0.6 is 0 Å². The lowest BCUT2D eigenvalue weighted by Crippen LogP contribution is -2.37. The predicted molar refractivity (Wildman–Crippen MR) is 34.3 cm³/mol. The van der Waals surface area contributed by atoms with Crippen molar-refractivity contribution in [2.24, 2.45) is 11.5 Å². The molecule has 0 saturated heterocycles. The van der Waals surface area contributed by atoms with Gasteiger partial charge < -0.3 is 16.6 Å². The quantitative estimate of drug-likeness (QED) is 0.475. The van der Waals surface area contributed by atoms with E-state index in [1.165, 1.54) is 0 Å². The number of nitrogens with two attached hydrogens (primary N) is 2. The van der Waals surface area contributed by atoms with Gasteiger partial charge in [0.05, 0.1) is 0 Å². The van der Waals surface area contributed by atoms with Crippen LogP contribution in [0.5, 0.6) is 0 Å². The summed E-state index contributed by atoms with van der Waals surface area (Å²) in [6.45, 7) is 0. The third-order valence-electron chi connectivity index (χ3n) is 1.09. The first-order valence-corrected chi connectivity index (χ1v) is 2.87. The highest BCUT2D eigenvalue weighted by atomic mass is 19.1. The highest BCUT2D eigenvalue weighted by Gasteiger charge is 2.21. The number of aliphatic carboxylic acids is 1. The molecule has 64 valence electrons. The molecular formula is C5H9FN2O3. The zero-order valence-corrected chi connectivity index (χ0v) is 5.66. The molecule has 0 fully saturated rings. The average molecular weight is 164 g/mol. The minimum atomic E-state index is -1.99. The highest BCUT2D eigenvalue weighted by Crippen LogP contribution is 1.99. The van der Waals surface area contributed by atoms with Crippen LogP contribution in [0.15, 0.2) is 0 Å². The molecule has 11 heavy (non-hydrogen) atoms. The minimum Gasteiger partial charge on any atom is -0.480 e. The second-order valence-corrected chi connectivity index (χ2v) is 2.05. The number of carbonyl (C=O) groups is 2. The standard InChI is InChI=1S/C5H9FN2O3/c6-2(4(8)9)1-3(7)5(10)11/h2-3H,1,7H2,(H2,8,9)(H,10,11)/t2?,3-/m1/s1. The SMILES string of the molecule is NC(=O)C(F)C[C@@H](N)C(=O)O. The summed E-state index contributed by atoms with van der Waals surface area (Å²) in [6.07, 6.45) is -2.56. The molecule has 0 spiro atoms. The topological polar surface area (TPSA) is 106 Å². The first-order chi connectivity index (χ1) is 4.95. The molecule has 0 aliphatic heterocycles. The summed E-state index contributed by atoms with van der Waals surface area (Å²) in [5.74, 6) is -2.55. The van der Waals surface area contributed by atoms with Crippen LogP contribution in [0.4, 0.5) is 4.39 Å². The van der Waals surface area contributed by atoms with Gasteiger partial charge in [0.2, 0.25) is 0 Å². The summed E-state index contributed by atoms with van der Waals surface area (Å²) in [6, 6.07) is -1.38. The van der Waals surface area contributed by atoms with E-state index in [2.05, 4.69) is 5.73 Å². The zero-order chi connectivity index (χ0) is 9.02. The molecule has 0 rings (SSSR count). The predicted octanol–water partition coefficient (Wildman–Crippen LogP) is -1.39. The Labute approximate surface area is 62.2 Å². The van der Waals surface area contributed by atoms with Crippen LogP contribution < -0.4 is 11.5 Å². The lowest BCUT2D eigenvalue weighted by atomic mass is 10.1. The van der Waals surface area contributed by atoms with E-state index in [1.807, 2.05) is 0 Å². The van der Waals surface area contributed by atoms with E-state index in [4.69, 9.17) is 10.8 Å². The van der Waals surface area contributed by atoms with E-state index in [0.29, 0.717) is 0 Å². The summed E-state index contributed by atoms with van der Waals surface area (Å²) in [5.41, 5.74) is 9.43. The summed E-state index contributed by atoms with van der Waals surface area (Å²) >= 11 is 0. The third-order valence-corrected chi connectivity index (χ3v) is 1.09. The fourth-order valence-corrected chi connectivity index (χ4v) is 0.440. The fourth-order valence-electron chi connectivity index (χ4n) is 0.440. The van der Waals surface area contributed by atoms with Crippen molar-refractivity contribution in [1.29, 1.82) is 0 Å². The molecule has 0 aromatic carbocycles. The van der Waals surface area contributed by atoms with Crippen LogP contribution in [0, 0.1) is 0 Å². The molecule has 1 unspecified atom stereocenters. The van der Waals surface area contributed by atoms with Gasteiger partial charge in [0.1, 0.15) is 6.04 Å². The normalized spacial score (nSPS) is 15.5. The van der Waals surface area contributed by atoms with Gasteiger partial charge in [-0.15, -0.1) is 0 Å². The Bertz CT molecular complexity index is 155. The molecule has 0 aromatic rings. The number of carbonyl (C=O) groups excluding carboxylic acids is 1. The molecule has 5 N–H and O–H groups in total. The van der Waals surface area contributed by atoms with Crippen molar-refractivity contribution in [3.05, 3.63) is 0 Å². The minimum absolute atomic E-state index is 0.579. The van der Waals surface area contributed by atoms with Crippen LogP contribution in [0.3, 0.4) is 0 Å². The van der Waals surface area contributed by atoms with Gasteiger partial charge in [-0.05, 0) is 0 Å². The third kappa shape index (κ3) is 3.51. The van der Waals surface area contributed by atoms with Crippen molar-refractivity contribution in [3.8, 4) is 0 Å². The second kappa shape index (κ2) is 3.87. The molecule has 0 saturated carbocycles. The fraction of sp³-hybridized carbons (Fsp3) is 0.600. The molecule has 5 nitrogen and oxygen atoms in total. The van der Waals surface area contributed by atoms with Gasteiger partial charge in [0.15, 0.2) is 6.17 Å². The van der Waals surface area contributed by atoms with E-state index in [1.54, 1.807) is 0 Å². The molecule has 6 heteroatoms. The van der Waals surface area contributed by atoms with Crippen LogP contribution in [0.1, 0.15) is 6.42 Å². The lowest BCUT2D eigenvalue weighted by Gasteiger charge is -2.06. The summed E-state index contributed by atoms with van der Waals surface area (Å²) in [5, 5.41) is 8.17. The van der Waals surface area contributed by atoms with Crippen molar-refractivity contribution in [2.45, 2.75) is 18.6 Å². The molecule has 0 bridgehead atoms. The number of rotatable bonds is 4. The number of amides is 1. The molecule has 2 atom stereocenters. The van der Waals surface area contributed by atoms with Gasteiger partial charge in [0, 0.05) is 6.42 Å². The average Bonchev–Trinajstić information content (AvgIpc) is 1.87. The van der Waals surface area contributed by atoms with Gasteiger partial charge in [-0.2, -0.15) is 0 Å². The maximum absolute atomic E-state index is 12.3. The van der Waals surface area contributed by atoms with Crippen molar-refractivity contribution < 1.29 is 19.1 Å². The maximum atomic E-state index is 12.3. The van der Waals surface area contributed by atoms with Gasteiger partial charge in [-0.1, -0.05) is 0 Å². The number of carboxylic acids is 1. The molecule has 0 aliphatic rings. The monoisotopic (exact) mass is 164 g/mol. The largest absolute Gasteiger partial charge is 0.480 e. The summed E-state index contributed by atoms with van der Waals surface area (Å²) in [4.78, 5) is 20.1. The first-order valence-electron chi connectivity index (χ1n) is 2.87. The Kier molecular flexibility index (Phi) is 3.46. The Morgan fingerprint density at radius 2 is 2.00 bits per heavy atom. The Morgan fingerprint density at radius 1 is 1.55 bits per heavy atom. The van der Waals surface area contributed by atoms with Crippen LogP contribution in [0.25, 0.3) is 0 Å². The summed E-state index contributed by atoms with van der Waals surface area (Å²) in [7, 11) is 0. The second-order valence-electron chi connectivity index (χ2n) is 2.05. The van der Waals surface area contributed by atoms with Crippen molar-refractivity contribution in [2.75, 3.05) is 0 Å². The van der Waals surface area contributed by atoms with Crippen molar-refractivity contribution >= 4 is 11.9 Å². The van der Waals surface area contributed by atoms with E-state index in [9.17, 15) is 14.0 Å². The van der Waals surface area contributed by atoms with Crippen LogP contribution in [-0.4, -0.2) is 29.2 Å². The van der Waals surface area contributed by atoms with Crippen molar-refractivity contribution in [3.63, 3.8) is 0 Å². The molecular weight excluding hydrogens is 155 g/mol. The molecule has 0 aromatic heterocycles. The van der Waals surface area contributed by atoms with E-state index >= 15 is 0 Å². The maximum Gasteiger partial charge on any atom is 0.320 e. The number of halogens is 1. The van der Waals surface area contributed by atoms with Gasteiger partial charge in [0.25, 0.3) is 5.91 Å². The molecule has 0 radical (unpaired) electrons. The Hall–Kier alpha value is -1.17. The van der Waals surface area contributed by atoms with Crippen LogP contribution in [-0.2, 0) is 9.59 Å². The Balaban J connectivity index is 3.84. The van der Waals surface area contributed by atoms with Gasteiger partial charge in [-0.25, -0.2) is 4.39 Å².